The van der Waals surface area contributed by atoms with E-state index in [-0.39, 0.29) is 6.61 Å². The van der Waals surface area contributed by atoms with Gasteiger partial charge in [0, 0.05) is 12.8 Å². The molecular formula is C14H21NOSi. The summed E-state index contributed by atoms with van der Waals surface area (Å²) in [5, 5.41) is 8.96. The number of aliphatic hydroxyl groups is 1. The second-order valence-corrected chi connectivity index (χ2v) is 10.2. The van der Waals surface area contributed by atoms with Gasteiger partial charge in [-0.1, -0.05) is 49.6 Å². The van der Waals surface area contributed by atoms with Crippen LogP contribution in [-0.2, 0) is 6.42 Å². The number of nitrogens with zero attached hydrogens (tertiary/aromatic N) is 1. The van der Waals surface area contributed by atoms with Crippen molar-refractivity contribution in [2.45, 2.75) is 26.1 Å². The van der Waals surface area contributed by atoms with Crippen LogP contribution < -0.4 is 0 Å². The first kappa shape index (κ1) is 13.9. The second kappa shape index (κ2) is 6.52. The average molecular weight is 247 g/mol. The number of hydrogen-bond acceptors (Lipinski definition) is 2. The Hall–Kier alpha value is -1.19. The molecule has 0 amide bonds. The summed E-state index contributed by atoms with van der Waals surface area (Å²) in [6, 6.07) is 7.92. The molecule has 1 aromatic carbocycles. The normalized spacial score (nSPS) is 12.7. The number of aliphatic imine (C=N–C) groups is 1. The van der Waals surface area contributed by atoms with E-state index < -0.39 is 8.07 Å². The molecule has 0 saturated heterocycles. The lowest BCUT2D eigenvalue weighted by Crippen LogP contribution is -2.15. The van der Waals surface area contributed by atoms with E-state index in [2.05, 4.69) is 30.3 Å². The number of para-hydroxylation sites is 1. The molecule has 1 rings (SSSR count). The maximum Gasteiger partial charge on any atom is 0.0687 e. The number of aliphatic hydroxyl groups excluding tert-OH is 1. The number of allylic oxidation sites excluding steroid dienone is 1. The van der Waals surface area contributed by atoms with Crippen LogP contribution in [0.5, 0.6) is 0 Å². The summed E-state index contributed by atoms with van der Waals surface area (Å²) in [5.41, 5.74) is 4.29. The molecule has 0 fully saturated rings. The van der Waals surface area contributed by atoms with Crippen molar-refractivity contribution < 1.29 is 5.11 Å². The monoisotopic (exact) mass is 247 g/mol. The molecule has 1 N–H and O–H groups in total. The van der Waals surface area contributed by atoms with Crippen molar-refractivity contribution >= 4 is 20.0 Å². The van der Waals surface area contributed by atoms with Gasteiger partial charge in [0.2, 0.25) is 0 Å². The second-order valence-electron chi connectivity index (χ2n) is 5.11. The molecule has 0 aromatic heterocycles. The van der Waals surface area contributed by atoms with E-state index in [4.69, 9.17) is 5.11 Å². The van der Waals surface area contributed by atoms with Crippen LogP contribution in [0.4, 0.5) is 5.69 Å². The quantitative estimate of drug-likeness (QED) is 0.628. The third-order valence-corrected chi connectivity index (χ3v) is 3.46. The Morgan fingerprint density at radius 2 is 1.94 bits per heavy atom. The highest BCUT2D eigenvalue weighted by Crippen LogP contribution is 2.18. The lowest BCUT2D eigenvalue weighted by molar-refractivity contribution is 0.300. The van der Waals surface area contributed by atoms with Crippen molar-refractivity contribution in [3.05, 3.63) is 41.6 Å². The van der Waals surface area contributed by atoms with Crippen LogP contribution in [0.2, 0.25) is 19.6 Å². The van der Waals surface area contributed by atoms with Crippen molar-refractivity contribution in [1.82, 2.24) is 0 Å². The molecule has 3 heteroatoms. The summed E-state index contributed by atoms with van der Waals surface area (Å²) in [6.07, 6.45) is 4.53. The summed E-state index contributed by atoms with van der Waals surface area (Å²) in [5.74, 6) is 0. The van der Waals surface area contributed by atoms with Gasteiger partial charge in [0.05, 0.1) is 13.8 Å². The van der Waals surface area contributed by atoms with Gasteiger partial charge in [-0.05, 0) is 18.1 Å². The highest BCUT2D eigenvalue weighted by molar-refractivity contribution is 6.81. The summed E-state index contributed by atoms with van der Waals surface area (Å²) in [6.45, 7) is 7.03. The van der Waals surface area contributed by atoms with Crippen LogP contribution in [0, 0.1) is 0 Å². The number of rotatable bonds is 5. The van der Waals surface area contributed by atoms with Gasteiger partial charge >= 0.3 is 0 Å². The van der Waals surface area contributed by atoms with Crippen LogP contribution in [-0.4, -0.2) is 26.0 Å². The molecule has 0 unspecified atom stereocenters. The molecule has 1 aromatic rings. The average Bonchev–Trinajstić information content (AvgIpc) is 2.25. The van der Waals surface area contributed by atoms with Gasteiger partial charge in [-0.2, -0.15) is 0 Å². The topological polar surface area (TPSA) is 32.6 Å². The van der Waals surface area contributed by atoms with Crippen LogP contribution in [0.25, 0.3) is 0 Å². The first-order valence-electron chi connectivity index (χ1n) is 5.93. The Bertz CT molecular complexity index is 405. The van der Waals surface area contributed by atoms with E-state index in [0.717, 1.165) is 11.3 Å². The molecule has 0 aliphatic rings. The van der Waals surface area contributed by atoms with E-state index in [1.165, 1.54) is 0 Å². The van der Waals surface area contributed by atoms with Gasteiger partial charge < -0.3 is 5.11 Å². The van der Waals surface area contributed by atoms with Crippen LogP contribution >= 0.6 is 0 Å². The van der Waals surface area contributed by atoms with Crippen molar-refractivity contribution in [1.29, 1.82) is 0 Å². The highest BCUT2D eigenvalue weighted by Gasteiger charge is 2.05. The molecule has 0 aliphatic carbocycles. The minimum Gasteiger partial charge on any atom is -0.396 e. The van der Waals surface area contributed by atoms with Gasteiger partial charge in [-0.25, -0.2) is 0 Å². The third kappa shape index (κ3) is 5.61. The van der Waals surface area contributed by atoms with E-state index in [1.54, 1.807) is 0 Å². The van der Waals surface area contributed by atoms with E-state index >= 15 is 0 Å². The molecule has 2 nitrogen and oxygen atoms in total. The highest BCUT2D eigenvalue weighted by atomic mass is 28.3. The maximum absolute atomic E-state index is 8.96. The lowest BCUT2D eigenvalue weighted by Gasteiger charge is -2.06. The van der Waals surface area contributed by atoms with Gasteiger partial charge in [0.1, 0.15) is 0 Å². The lowest BCUT2D eigenvalue weighted by atomic mass is 10.1. The molecular weight excluding hydrogens is 226 g/mol. The summed E-state index contributed by atoms with van der Waals surface area (Å²) in [7, 11) is -1.14. The predicted molar refractivity (Wildman–Crippen MR) is 77.9 cm³/mol. The largest absolute Gasteiger partial charge is 0.396 e. The van der Waals surface area contributed by atoms with Gasteiger partial charge in [0.25, 0.3) is 0 Å². The molecule has 0 heterocycles. The first-order valence-corrected chi connectivity index (χ1v) is 9.51. The third-order valence-electron chi connectivity index (χ3n) is 2.27. The van der Waals surface area contributed by atoms with Gasteiger partial charge in [-0.3, -0.25) is 4.99 Å². The molecule has 0 aliphatic heterocycles. The zero-order valence-corrected chi connectivity index (χ0v) is 11.9. The van der Waals surface area contributed by atoms with Crippen molar-refractivity contribution in [3.63, 3.8) is 0 Å². The van der Waals surface area contributed by atoms with Gasteiger partial charge in [-0.15, -0.1) is 0 Å². The molecule has 92 valence electrons. The van der Waals surface area contributed by atoms with E-state index in [9.17, 15) is 0 Å². The zero-order valence-electron chi connectivity index (χ0n) is 10.9. The van der Waals surface area contributed by atoms with E-state index in [0.29, 0.717) is 6.42 Å². The van der Waals surface area contributed by atoms with Crippen LogP contribution in [0.1, 0.15) is 5.56 Å². The predicted octanol–water partition coefficient (Wildman–Crippen LogP) is 3.36. The SMILES string of the molecule is C[Si](C)(C)/C=C/C=N/c1ccccc1CCO. The standard InChI is InChI=1S/C14H21NOSi/c1-17(2,3)12-6-10-15-14-8-5-4-7-13(14)9-11-16/h4-8,10,12,16H,9,11H2,1-3H3/b12-6+,15-10+. The molecule has 0 bridgehead atoms. The van der Waals surface area contributed by atoms with Crippen molar-refractivity contribution in [3.8, 4) is 0 Å². The summed E-state index contributed by atoms with van der Waals surface area (Å²) >= 11 is 0. The van der Waals surface area contributed by atoms with E-state index in [1.807, 2.05) is 36.6 Å². The minimum atomic E-state index is -1.14. The van der Waals surface area contributed by atoms with Crippen LogP contribution in [0.15, 0.2) is 41.0 Å². The minimum absolute atomic E-state index is 0.164. The Labute approximate surface area is 105 Å². The summed E-state index contributed by atoms with van der Waals surface area (Å²) < 4.78 is 0. The molecule has 0 saturated carbocycles. The fraction of sp³-hybridized carbons (Fsp3) is 0.357. The molecule has 0 radical (unpaired) electrons. The fourth-order valence-electron chi connectivity index (χ4n) is 1.42. The smallest absolute Gasteiger partial charge is 0.0687 e. The Morgan fingerprint density at radius 3 is 2.59 bits per heavy atom. The molecule has 17 heavy (non-hydrogen) atoms. The molecule has 0 spiro atoms. The Morgan fingerprint density at radius 1 is 1.24 bits per heavy atom. The maximum atomic E-state index is 8.96. The van der Waals surface area contributed by atoms with Crippen molar-refractivity contribution in [2.24, 2.45) is 4.99 Å². The fourth-order valence-corrected chi connectivity index (χ4v) is 2.09. The number of hydrogen-bond donors (Lipinski definition) is 1. The first-order chi connectivity index (χ1) is 8.03. The van der Waals surface area contributed by atoms with Crippen LogP contribution in [0.3, 0.4) is 0 Å². The molecule has 0 atom stereocenters. The van der Waals surface area contributed by atoms with Crippen molar-refractivity contribution in [2.75, 3.05) is 6.61 Å². The zero-order chi connectivity index (χ0) is 12.7. The summed E-state index contributed by atoms with van der Waals surface area (Å²) in [4.78, 5) is 4.43. The van der Waals surface area contributed by atoms with Gasteiger partial charge in [0.15, 0.2) is 0 Å². The Kier molecular flexibility index (Phi) is 5.32. The number of benzene rings is 1. The Balaban J connectivity index is 2.74.